The molecule has 0 spiro atoms. The van der Waals surface area contributed by atoms with E-state index in [0.29, 0.717) is 19.3 Å². The lowest BCUT2D eigenvalue weighted by Gasteiger charge is -2.48. The fraction of sp³-hybridized carbons (Fsp3) is 0.825. The van der Waals surface area contributed by atoms with Crippen LogP contribution < -0.4 is 21.3 Å². The lowest BCUT2D eigenvalue weighted by atomic mass is 9.71. The summed E-state index contributed by atoms with van der Waals surface area (Å²) in [5, 5.41) is 11.6. The van der Waals surface area contributed by atoms with E-state index in [-0.39, 0.29) is 54.3 Å². The number of carbonyl (C=O) groups is 5. The lowest BCUT2D eigenvalue weighted by molar-refractivity contribution is -0.151. The number of nitrogens with one attached hydrogen (secondary N) is 4. The van der Waals surface area contributed by atoms with Crippen LogP contribution >= 0.6 is 0 Å². The Labute approximate surface area is 317 Å². The summed E-state index contributed by atoms with van der Waals surface area (Å²) in [5.74, 6) is -0.262. The zero-order valence-corrected chi connectivity index (χ0v) is 33.8. The predicted octanol–water partition coefficient (Wildman–Crippen LogP) is 4.55. The molecule has 0 aromatic heterocycles. The summed E-state index contributed by atoms with van der Waals surface area (Å²) in [6, 6.07) is -3.68. The van der Waals surface area contributed by atoms with Crippen LogP contribution in [0.2, 0.25) is 0 Å². The Bertz CT molecular complexity index is 1500. The minimum absolute atomic E-state index is 0.0107. The zero-order chi connectivity index (χ0) is 39.2. The number of amides is 5. The fourth-order valence-electron chi connectivity index (χ4n) is 8.25. The summed E-state index contributed by atoms with van der Waals surface area (Å²) < 4.78 is 25.9. The molecule has 2 unspecified atom stereocenters. The van der Waals surface area contributed by atoms with E-state index < -0.39 is 61.9 Å². The van der Waals surface area contributed by atoms with Crippen LogP contribution in [0, 0.1) is 29.6 Å². The maximum Gasteiger partial charge on any atom is 0.315 e. The summed E-state index contributed by atoms with van der Waals surface area (Å²) >= 11 is 0. The second-order valence-corrected chi connectivity index (χ2v) is 20.8. The van der Waals surface area contributed by atoms with Crippen molar-refractivity contribution in [3.8, 4) is 12.3 Å². The lowest BCUT2D eigenvalue weighted by Crippen LogP contribution is -2.65. The molecule has 3 aliphatic carbocycles. The molecule has 5 amide bonds. The Hall–Kier alpha value is -3.14. The molecule has 298 valence electrons. The SMILES string of the molecule is C#CCCC(NC(=O)[C@@H]1CC(C)(C)C(C)CN1C(=O)[C@@H](NC(=O)NC1(CS(=O)(=O)C(C)(C)C)CCCCC1)C1CCCCC1)C(=O)C(=O)NC1CCC1. The van der Waals surface area contributed by atoms with Crippen molar-refractivity contribution in [2.45, 2.75) is 179 Å². The van der Waals surface area contributed by atoms with Gasteiger partial charge in [-0.15, -0.1) is 12.3 Å². The van der Waals surface area contributed by atoms with Crippen LogP contribution in [0.1, 0.15) is 144 Å². The minimum Gasteiger partial charge on any atom is -0.347 e. The minimum atomic E-state index is -3.57. The van der Waals surface area contributed by atoms with Gasteiger partial charge < -0.3 is 26.2 Å². The smallest absolute Gasteiger partial charge is 0.315 e. The van der Waals surface area contributed by atoms with Gasteiger partial charge in [-0.3, -0.25) is 19.2 Å². The van der Waals surface area contributed by atoms with Crippen LogP contribution in [0.4, 0.5) is 4.79 Å². The van der Waals surface area contributed by atoms with Crippen LogP contribution in [-0.2, 0) is 29.0 Å². The molecule has 0 aromatic carbocycles. The number of likely N-dealkylation sites (tertiary alicyclic amines) is 1. The molecule has 4 rings (SSSR count). The van der Waals surface area contributed by atoms with Crippen molar-refractivity contribution >= 4 is 39.4 Å². The highest BCUT2D eigenvalue weighted by molar-refractivity contribution is 7.92. The van der Waals surface area contributed by atoms with E-state index in [1.165, 1.54) is 0 Å². The Morgan fingerprint density at radius 3 is 2.09 bits per heavy atom. The van der Waals surface area contributed by atoms with Gasteiger partial charge >= 0.3 is 6.03 Å². The third-order valence-electron chi connectivity index (χ3n) is 12.6. The van der Waals surface area contributed by atoms with Gasteiger partial charge in [0.25, 0.3) is 5.91 Å². The van der Waals surface area contributed by atoms with E-state index in [1.54, 1.807) is 25.7 Å². The first-order valence-electron chi connectivity index (χ1n) is 20.0. The number of ketones is 1. The van der Waals surface area contributed by atoms with Crippen LogP contribution in [0.15, 0.2) is 0 Å². The Morgan fingerprint density at radius 2 is 1.53 bits per heavy atom. The van der Waals surface area contributed by atoms with Crippen molar-refractivity contribution < 1.29 is 32.4 Å². The van der Waals surface area contributed by atoms with E-state index in [1.807, 2.05) is 20.8 Å². The summed E-state index contributed by atoms with van der Waals surface area (Å²) in [4.78, 5) is 70.9. The second-order valence-electron chi connectivity index (χ2n) is 18.1. The fourth-order valence-corrected chi connectivity index (χ4v) is 9.77. The first-order chi connectivity index (χ1) is 24.8. The van der Waals surface area contributed by atoms with E-state index in [4.69, 9.17) is 6.42 Å². The molecule has 4 aliphatic rings. The van der Waals surface area contributed by atoms with Gasteiger partial charge in [0.1, 0.15) is 12.1 Å². The third-order valence-corrected chi connectivity index (χ3v) is 15.4. The number of nitrogens with zero attached hydrogens (tertiary/aromatic N) is 1. The molecule has 0 bridgehead atoms. The topological polar surface area (TPSA) is 171 Å². The molecule has 1 saturated heterocycles. The van der Waals surface area contributed by atoms with E-state index in [9.17, 15) is 32.4 Å². The van der Waals surface area contributed by atoms with Crippen molar-refractivity contribution in [2.24, 2.45) is 17.3 Å². The maximum absolute atomic E-state index is 14.8. The van der Waals surface area contributed by atoms with Gasteiger partial charge in [-0.05, 0) is 95.8 Å². The van der Waals surface area contributed by atoms with Crippen LogP contribution in [0.25, 0.3) is 0 Å². The first kappa shape index (κ1) is 42.6. The third kappa shape index (κ3) is 10.8. The Morgan fingerprint density at radius 1 is 0.906 bits per heavy atom. The summed E-state index contributed by atoms with van der Waals surface area (Å²) in [6.45, 7) is 11.4. The van der Waals surface area contributed by atoms with Crippen molar-refractivity contribution in [1.82, 2.24) is 26.2 Å². The molecule has 1 aliphatic heterocycles. The van der Waals surface area contributed by atoms with Gasteiger partial charge in [0, 0.05) is 19.0 Å². The normalized spacial score (nSPS) is 24.7. The van der Waals surface area contributed by atoms with Crippen molar-refractivity contribution in [2.75, 3.05) is 12.3 Å². The Balaban J connectivity index is 1.60. The molecule has 53 heavy (non-hydrogen) atoms. The number of carbonyl (C=O) groups excluding carboxylic acids is 5. The van der Waals surface area contributed by atoms with Gasteiger partial charge in [0.05, 0.1) is 22.1 Å². The summed E-state index contributed by atoms with van der Waals surface area (Å²) in [7, 11) is -3.57. The van der Waals surface area contributed by atoms with Crippen LogP contribution in [0.5, 0.6) is 0 Å². The van der Waals surface area contributed by atoms with Gasteiger partial charge in [-0.25, -0.2) is 13.2 Å². The van der Waals surface area contributed by atoms with Gasteiger partial charge in [-0.1, -0.05) is 59.3 Å². The number of piperidine rings is 1. The van der Waals surface area contributed by atoms with E-state index >= 15 is 0 Å². The highest BCUT2D eigenvalue weighted by atomic mass is 32.2. The predicted molar refractivity (Wildman–Crippen MR) is 205 cm³/mol. The highest BCUT2D eigenvalue weighted by Crippen LogP contribution is 2.40. The number of rotatable bonds is 13. The molecule has 0 radical (unpaired) electrons. The number of Topliss-reactive ketones (excluding diaryl/α,β-unsaturated/α-hetero) is 1. The molecule has 4 fully saturated rings. The molecular formula is C40H65N5O7S. The molecule has 1 heterocycles. The first-order valence-corrected chi connectivity index (χ1v) is 21.6. The van der Waals surface area contributed by atoms with Crippen molar-refractivity contribution in [3.63, 3.8) is 0 Å². The Kier molecular flexibility index (Phi) is 14.1. The number of hydrogen-bond donors (Lipinski definition) is 4. The highest BCUT2D eigenvalue weighted by Gasteiger charge is 2.48. The van der Waals surface area contributed by atoms with Crippen LogP contribution in [-0.4, -0.2) is 89.6 Å². The molecule has 4 N–H and O–H groups in total. The van der Waals surface area contributed by atoms with Crippen molar-refractivity contribution in [1.29, 1.82) is 0 Å². The average molecular weight is 760 g/mol. The standard InChI is InChI=1S/C40H65N5O7S/c1-8-9-21-30(33(46)35(48)41-29-19-16-20-29)42-34(47)31-24-39(6,7)27(2)25-45(31)36(49)32(28-17-12-10-13-18-28)43-37(50)44-40(22-14-11-15-23-40)26-53(51,52)38(3,4)5/h1,27-32H,9-26H2,2-7H3,(H,41,48)(H,42,47)(H2,43,44,50)/t27?,30?,31-,32-/m0/s1. The number of urea groups is 1. The van der Waals surface area contributed by atoms with E-state index in [2.05, 4.69) is 27.2 Å². The van der Waals surface area contributed by atoms with E-state index in [0.717, 1.165) is 70.6 Å². The monoisotopic (exact) mass is 759 g/mol. The zero-order valence-electron chi connectivity index (χ0n) is 33.0. The number of terminal acetylenes is 1. The largest absolute Gasteiger partial charge is 0.347 e. The van der Waals surface area contributed by atoms with Crippen molar-refractivity contribution in [3.05, 3.63) is 0 Å². The van der Waals surface area contributed by atoms with Gasteiger partial charge in [0.15, 0.2) is 9.84 Å². The number of sulfone groups is 1. The number of hydrogen-bond acceptors (Lipinski definition) is 7. The molecule has 3 saturated carbocycles. The summed E-state index contributed by atoms with van der Waals surface area (Å²) in [6.07, 6.45) is 16.5. The molecular weight excluding hydrogens is 695 g/mol. The molecule has 0 aromatic rings. The van der Waals surface area contributed by atoms with Crippen LogP contribution in [0.3, 0.4) is 0 Å². The van der Waals surface area contributed by atoms with Gasteiger partial charge in [-0.2, -0.15) is 0 Å². The van der Waals surface area contributed by atoms with Gasteiger partial charge in [0.2, 0.25) is 17.6 Å². The quantitative estimate of drug-likeness (QED) is 0.158. The molecule has 13 heteroatoms. The molecule has 12 nitrogen and oxygen atoms in total. The molecule has 4 atom stereocenters. The summed E-state index contributed by atoms with van der Waals surface area (Å²) in [5.41, 5.74) is -1.29. The average Bonchev–Trinajstić information content (AvgIpc) is 3.07. The maximum atomic E-state index is 14.8. The second kappa shape index (κ2) is 17.5.